The summed E-state index contributed by atoms with van der Waals surface area (Å²) in [5, 5.41) is 11.1. The topological polar surface area (TPSA) is 105 Å². The van der Waals surface area contributed by atoms with Gasteiger partial charge >= 0.3 is 5.97 Å². The maximum absolute atomic E-state index is 12.7. The molecule has 8 nitrogen and oxygen atoms in total. The van der Waals surface area contributed by atoms with Crippen LogP contribution in [0.5, 0.6) is 0 Å². The number of fused-ring (bicyclic) bond motifs is 1. The number of benzene rings is 1. The molecular formula is C22H27N3O5S. The Bertz CT molecular complexity index is 1080. The van der Waals surface area contributed by atoms with Gasteiger partial charge in [-0.05, 0) is 24.5 Å². The third-order valence-electron chi connectivity index (χ3n) is 5.03. The second-order valence-electron chi connectivity index (χ2n) is 7.25. The van der Waals surface area contributed by atoms with Gasteiger partial charge in [-0.3, -0.25) is 9.69 Å². The van der Waals surface area contributed by atoms with Crippen LogP contribution in [-0.2, 0) is 16.0 Å². The second kappa shape index (κ2) is 10.6. The van der Waals surface area contributed by atoms with Crippen LogP contribution in [0.25, 0.3) is 10.2 Å². The Morgan fingerprint density at radius 2 is 2.03 bits per heavy atom. The third kappa shape index (κ3) is 5.56. The van der Waals surface area contributed by atoms with Crippen molar-refractivity contribution in [2.24, 2.45) is 0 Å². The van der Waals surface area contributed by atoms with Crippen molar-refractivity contribution in [1.29, 1.82) is 0 Å². The lowest BCUT2D eigenvalue weighted by molar-refractivity contribution is 0.0605. The number of methoxy groups -OCH3 is 2. The predicted molar refractivity (Wildman–Crippen MR) is 119 cm³/mol. The Labute approximate surface area is 184 Å². The highest BCUT2D eigenvalue weighted by atomic mass is 32.1. The molecule has 0 bridgehead atoms. The number of hydrogen-bond donors (Lipinski definition) is 2. The van der Waals surface area contributed by atoms with E-state index in [1.165, 1.54) is 7.11 Å². The van der Waals surface area contributed by atoms with E-state index in [2.05, 4.69) is 9.97 Å². The molecule has 166 valence electrons. The van der Waals surface area contributed by atoms with Crippen molar-refractivity contribution in [2.75, 3.05) is 33.9 Å². The van der Waals surface area contributed by atoms with Gasteiger partial charge in [0.25, 0.3) is 5.56 Å². The molecule has 1 atom stereocenters. The lowest BCUT2D eigenvalue weighted by Gasteiger charge is -2.24. The Hall–Kier alpha value is -2.59. The molecule has 0 fully saturated rings. The first-order valence-corrected chi connectivity index (χ1v) is 10.8. The van der Waals surface area contributed by atoms with Crippen molar-refractivity contribution in [3.05, 3.63) is 62.5 Å². The molecule has 0 radical (unpaired) electrons. The van der Waals surface area contributed by atoms with Crippen molar-refractivity contribution in [3.63, 3.8) is 0 Å². The molecule has 0 aliphatic heterocycles. The number of esters is 1. The van der Waals surface area contributed by atoms with E-state index in [-0.39, 0.29) is 5.56 Å². The molecule has 2 aromatic heterocycles. The maximum atomic E-state index is 12.7. The van der Waals surface area contributed by atoms with Crippen molar-refractivity contribution < 1.29 is 19.4 Å². The molecule has 0 saturated carbocycles. The van der Waals surface area contributed by atoms with Crippen LogP contribution >= 0.6 is 11.3 Å². The van der Waals surface area contributed by atoms with Gasteiger partial charge in [-0.1, -0.05) is 30.3 Å². The Balaban J connectivity index is 1.85. The van der Waals surface area contributed by atoms with Gasteiger partial charge in [-0.15, -0.1) is 11.3 Å². The summed E-state index contributed by atoms with van der Waals surface area (Å²) in [6.07, 6.45) is 0.101. The fourth-order valence-corrected chi connectivity index (χ4v) is 4.57. The average molecular weight is 446 g/mol. The zero-order chi connectivity index (χ0) is 22.4. The largest absolute Gasteiger partial charge is 0.465 e. The smallest absolute Gasteiger partial charge is 0.348 e. The molecule has 0 spiro atoms. The highest BCUT2D eigenvalue weighted by molar-refractivity contribution is 7.20. The number of aromatic nitrogens is 2. The van der Waals surface area contributed by atoms with Crippen LogP contribution < -0.4 is 5.56 Å². The summed E-state index contributed by atoms with van der Waals surface area (Å²) in [5.41, 5.74) is 1.11. The molecule has 3 rings (SSSR count). The minimum absolute atomic E-state index is 0.288. The molecule has 9 heteroatoms. The first-order valence-electron chi connectivity index (χ1n) is 9.99. The number of thiophene rings is 1. The van der Waals surface area contributed by atoms with Crippen LogP contribution in [-0.4, -0.2) is 59.9 Å². The van der Waals surface area contributed by atoms with Gasteiger partial charge in [0.2, 0.25) is 0 Å². The van der Waals surface area contributed by atoms with Gasteiger partial charge in [-0.25, -0.2) is 9.78 Å². The second-order valence-corrected chi connectivity index (χ2v) is 8.25. The molecule has 2 heterocycles. The molecule has 2 N–H and O–H groups in total. The van der Waals surface area contributed by atoms with Crippen molar-refractivity contribution in [2.45, 2.75) is 26.0 Å². The number of hydrogen-bond acceptors (Lipinski definition) is 8. The number of H-pyrrole nitrogens is 1. The first-order chi connectivity index (χ1) is 14.9. The summed E-state index contributed by atoms with van der Waals surface area (Å²) >= 11 is 1.15. The lowest BCUT2D eigenvalue weighted by atomic mass is 10.1. The van der Waals surface area contributed by atoms with E-state index in [1.807, 2.05) is 35.2 Å². The molecule has 0 saturated heterocycles. The summed E-state index contributed by atoms with van der Waals surface area (Å²) in [6, 6.07) is 9.44. The molecule has 0 unspecified atom stereocenters. The average Bonchev–Trinajstić information content (AvgIpc) is 3.10. The zero-order valence-corrected chi connectivity index (χ0v) is 18.7. The minimum Gasteiger partial charge on any atom is -0.465 e. The van der Waals surface area contributed by atoms with Crippen LogP contribution in [0.4, 0.5) is 0 Å². The van der Waals surface area contributed by atoms with E-state index >= 15 is 0 Å². The Morgan fingerprint density at radius 3 is 2.71 bits per heavy atom. The van der Waals surface area contributed by atoms with E-state index in [0.717, 1.165) is 23.3 Å². The highest BCUT2D eigenvalue weighted by Crippen LogP contribution is 2.27. The Kier molecular flexibility index (Phi) is 7.91. The van der Waals surface area contributed by atoms with E-state index in [1.54, 1.807) is 14.0 Å². The number of nitrogens with zero attached hydrogens (tertiary/aromatic N) is 2. The fourth-order valence-electron chi connectivity index (χ4n) is 3.46. The van der Waals surface area contributed by atoms with Crippen LogP contribution in [0.1, 0.15) is 39.1 Å². The molecule has 31 heavy (non-hydrogen) atoms. The number of nitrogens with one attached hydrogen (secondary N) is 1. The maximum Gasteiger partial charge on any atom is 0.348 e. The van der Waals surface area contributed by atoms with Crippen LogP contribution in [0.2, 0.25) is 0 Å². The van der Waals surface area contributed by atoms with Crippen LogP contribution in [0, 0.1) is 6.92 Å². The molecule has 3 aromatic rings. The summed E-state index contributed by atoms with van der Waals surface area (Å²) in [5.74, 6) is 0.00136. The number of carbonyl (C=O) groups is 1. The summed E-state index contributed by atoms with van der Waals surface area (Å²) in [7, 11) is 2.96. The minimum atomic E-state index is -0.672. The number of rotatable bonds is 10. The van der Waals surface area contributed by atoms with Crippen molar-refractivity contribution in [1.82, 2.24) is 14.9 Å². The number of aromatic amines is 1. The van der Waals surface area contributed by atoms with E-state index in [4.69, 9.17) is 9.47 Å². The van der Waals surface area contributed by atoms with E-state index in [9.17, 15) is 14.7 Å². The van der Waals surface area contributed by atoms with E-state index < -0.39 is 12.1 Å². The zero-order valence-electron chi connectivity index (χ0n) is 17.9. The van der Waals surface area contributed by atoms with Gasteiger partial charge in [0.05, 0.1) is 25.1 Å². The quantitative estimate of drug-likeness (QED) is 0.365. The van der Waals surface area contributed by atoms with Crippen molar-refractivity contribution in [3.8, 4) is 0 Å². The van der Waals surface area contributed by atoms with Gasteiger partial charge in [0.15, 0.2) is 0 Å². The molecule has 1 aromatic carbocycles. The van der Waals surface area contributed by atoms with Crippen LogP contribution in [0.3, 0.4) is 0 Å². The number of carbonyl (C=O) groups excluding carboxylic acids is 1. The van der Waals surface area contributed by atoms with Gasteiger partial charge in [-0.2, -0.15) is 0 Å². The molecular weight excluding hydrogens is 418 g/mol. The fraction of sp³-hybridized carbons (Fsp3) is 0.409. The van der Waals surface area contributed by atoms with Crippen molar-refractivity contribution >= 4 is 27.5 Å². The molecule has 0 amide bonds. The third-order valence-corrected chi connectivity index (χ3v) is 6.20. The summed E-state index contributed by atoms with van der Waals surface area (Å²) in [4.78, 5) is 35.0. The number of aliphatic hydroxyl groups is 1. The van der Waals surface area contributed by atoms with Gasteiger partial charge in [0.1, 0.15) is 15.5 Å². The summed E-state index contributed by atoms with van der Waals surface area (Å²) in [6.45, 7) is 3.70. The lowest BCUT2D eigenvalue weighted by Crippen LogP contribution is -2.31. The predicted octanol–water partition coefficient (Wildman–Crippen LogP) is 2.65. The molecule has 0 aliphatic carbocycles. The van der Waals surface area contributed by atoms with Crippen LogP contribution in [0.15, 0.2) is 35.1 Å². The monoisotopic (exact) mass is 445 g/mol. The standard InChI is InChI=1S/C22H27N3O5S/c1-14-18-20(27)23-17(24-21(18)31-19(14)22(28)30-3)13-25(10-7-11-29-2)12-16(26)15-8-5-4-6-9-15/h4-6,8-9,16,26H,7,10-13H2,1-3H3,(H,23,24,27)/t16-/m1/s1. The summed E-state index contributed by atoms with van der Waals surface area (Å²) < 4.78 is 9.96. The first kappa shape index (κ1) is 23.1. The number of aryl methyl sites for hydroxylation is 1. The van der Waals surface area contributed by atoms with E-state index in [0.29, 0.717) is 52.7 Å². The number of aliphatic hydroxyl groups excluding tert-OH is 1. The normalized spacial score (nSPS) is 12.4. The van der Waals surface area contributed by atoms with Gasteiger partial charge < -0.3 is 19.6 Å². The Morgan fingerprint density at radius 1 is 1.29 bits per heavy atom. The van der Waals surface area contributed by atoms with Gasteiger partial charge in [0, 0.05) is 26.8 Å². The highest BCUT2D eigenvalue weighted by Gasteiger charge is 2.21. The number of ether oxygens (including phenoxy) is 2. The SMILES string of the molecule is COCCCN(Cc1nc2sc(C(=O)OC)c(C)c2c(=O)[nH]1)C[C@@H](O)c1ccccc1. The molecule has 0 aliphatic rings.